The number of hydrogen-bond donors (Lipinski definition) is 0. The summed E-state index contributed by atoms with van der Waals surface area (Å²) in [5.74, 6) is -3.39. The molecule has 154 valence electrons. The Balaban J connectivity index is 1.65. The summed E-state index contributed by atoms with van der Waals surface area (Å²) in [4.78, 5) is 0. The van der Waals surface area contributed by atoms with E-state index in [1.165, 1.54) is 19.3 Å². The highest BCUT2D eigenvalue weighted by Crippen LogP contribution is 2.39. The average Bonchev–Trinajstić information content (AvgIpc) is 2.71. The zero-order valence-corrected chi connectivity index (χ0v) is 16.7. The van der Waals surface area contributed by atoms with E-state index >= 15 is 0 Å². The van der Waals surface area contributed by atoms with Crippen molar-refractivity contribution >= 4 is 5.57 Å². The number of halogens is 3. The van der Waals surface area contributed by atoms with E-state index < -0.39 is 5.92 Å². The second-order valence-corrected chi connectivity index (χ2v) is 7.12. The van der Waals surface area contributed by atoms with Crippen LogP contribution in [0.3, 0.4) is 0 Å². The number of hydrogen-bond acceptors (Lipinski definition) is 2. The molecule has 0 saturated heterocycles. The molecule has 2 aromatic carbocycles. The van der Waals surface area contributed by atoms with Crippen molar-refractivity contribution in [2.45, 2.75) is 38.5 Å². The van der Waals surface area contributed by atoms with E-state index in [1.54, 1.807) is 12.1 Å². The van der Waals surface area contributed by atoms with E-state index in [0.29, 0.717) is 18.4 Å². The van der Waals surface area contributed by atoms with Crippen LogP contribution in [0, 0.1) is 5.82 Å². The largest absolute Gasteiger partial charge is 0.494 e. The molecule has 0 unspecified atom stereocenters. The van der Waals surface area contributed by atoms with Crippen LogP contribution in [-0.2, 0) is 17.6 Å². The summed E-state index contributed by atoms with van der Waals surface area (Å²) in [7, 11) is 1.44. The van der Waals surface area contributed by atoms with Crippen molar-refractivity contribution in [2.24, 2.45) is 0 Å². The molecule has 0 saturated carbocycles. The molecule has 0 aliphatic heterocycles. The first-order valence-corrected chi connectivity index (χ1v) is 9.76. The molecule has 0 radical (unpaired) electrons. The zero-order chi connectivity index (χ0) is 20.9. The van der Waals surface area contributed by atoms with Gasteiger partial charge in [0.1, 0.15) is 0 Å². The minimum Gasteiger partial charge on any atom is -0.494 e. The van der Waals surface area contributed by atoms with Crippen molar-refractivity contribution in [1.29, 1.82) is 0 Å². The van der Waals surface area contributed by atoms with Crippen molar-refractivity contribution in [3.8, 4) is 5.75 Å². The predicted octanol–water partition coefficient (Wildman–Crippen LogP) is 6.35. The lowest BCUT2D eigenvalue weighted by Gasteiger charge is -2.25. The van der Waals surface area contributed by atoms with Gasteiger partial charge in [0.25, 0.3) is 0 Å². The molecule has 1 aliphatic rings. The van der Waals surface area contributed by atoms with Crippen molar-refractivity contribution in [1.82, 2.24) is 0 Å². The van der Waals surface area contributed by atoms with E-state index in [4.69, 9.17) is 9.47 Å². The van der Waals surface area contributed by atoms with E-state index in [2.05, 4.69) is 0 Å². The van der Waals surface area contributed by atoms with E-state index in [-0.39, 0.29) is 30.4 Å². The zero-order valence-electron chi connectivity index (χ0n) is 16.7. The first-order valence-electron chi connectivity index (χ1n) is 9.76. The normalized spacial score (nSPS) is 15.5. The molecule has 0 N–H and O–H groups in total. The molecule has 0 amide bonds. The topological polar surface area (TPSA) is 18.5 Å². The highest BCUT2D eigenvalue weighted by molar-refractivity contribution is 5.70. The molecule has 2 aromatic rings. The van der Waals surface area contributed by atoms with Gasteiger partial charge >= 0.3 is 5.92 Å². The van der Waals surface area contributed by atoms with E-state index in [1.807, 2.05) is 37.3 Å². The number of ether oxygens (including phenoxy) is 2. The molecule has 5 heteroatoms. The van der Waals surface area contributed by atoms with Gasteiger partial charge in [-0.2, -0.15) is 8.78 Å². The van der Waals surface area contributed by atoms with Crippen molar-refractivity contribution < 1.29 is 22.6 Å². The van der Waals surface area contributed by atoms with E-state index in [9.17, 15) is 13.2 Å². The van der Waals surface area contributed by atoms with Crippen LogP contribution in [0.2, 0.25) is 0 Å². The van der Waals surface area contributed by atoms with Crippen LogP contribution < -0.4 is 4.74 Å². The lowest BCUT2D eigenvalue weighted by Crippen LogP contribution is -2.24. The summed E-state index contributed by atoms with van der Waals surface area (Å²) >= 11 is 0. The highest BCUT2D eigenvalue weighted by atomic mass is 19.3. The van der Waals surface area contributed by atoms with Crippen molar-refractivity contribution in [3.05, 3.63) is 82.9 Å². The molecule has 0 spiro atoms. The van der Waals surface area contributed by atoms with Crippen LogP contribution >= 0.6 is 0 Å². The fourth-order valence-corrected chi connectivity index (χ4v) is 3.29. The van der Waals surface area contributed by atoms with Gasteiger partial charge in [-0.25, -0.2) is 4.39 Å². The maximum atomic E-state index is 14.3. The summed E-state index contributed by atoms with van der Waals surface area (Å²) in [6.45, 7) is 2.17. The van der Waals surface area contributed by atoms with Crippen LogP contribution in [0.5, 0.6) is 5.75 Å². The summed E-state index contributed by atoms with van der Waals surface area (Å²) < 4.78 is 52.6. The Hall–Kier alpha value is -2.69. The van der Waals surface area contributed by atoms with Crippen LogP contribution in [0.4, 0.5) is 13.2 Å². The average molecular weight is 402 g/mol. The number of methoxy groups -OCH3 is 1. The molecule has 2 nitrogen and oxygen atoms in total. The van der Waals surface area contributed by atoms with Crippen molar-refractivity contribution in [2.75, 3.05) is 13.7 Å². The van der Waals surface area contributed by atoms with Gasteiger partial charge in [-0.1, -0.05) is 43.3 Å². The third-order valence-electron chi connectivity index (χ3n) is 4.91. The Morgan fingerprint density at radius 1 is 0.966 bits per heavy atom. The molecule has 0 bridgehead atoms. The summed E-state index contributed by atoms with van der Waals surface area (Å²) in [6.07, 6.45) is 4.82. The Morgan fingerprint density at radius 3 is 2.28 bits per heavy atom. The first kappa shape index (κ1) is 21.0. The first-order chi connectivity index (χ1) is 13.9. The standard InChI is InChI=1S/C24H25F3O2/c1-3-14-29-23-13-11-20(16-24(23,26)27)19-9-6-17(7-10-19)4-5-18-8-12-22(28-2)21(25)15-18/h6-13,15H,3-5,14,16H2,1-2H3. The maximum absolute atomic E-state index is 14.3. The fraction of sp³-hybridized carbons (Fsp3) is 0.333. The van der Waals surface area contributed by atoms with Gasteiger partial charge in [0, 0.05) is 6.42 Å². The minimum absolute atomic E-state index is 0.230. The molecule has 0 fully saturated rings. The number of benzene rings is 2. The maximum Gasteiger partial charge on any atom is 0.308 e. The second-order valence-electron chi connectivity index (χ2n) is 7.12. The van der Waals surface area contributed by atoms with E-state index in [0.717, 1.165) is 23.1 Å². The molecule has 0 atom stereocenters. The summed E-state index contributed by atoms with van der Waals surface area (Å²) in [6, 6.07) is 12.5. The number of alkyl halides is 2. The van der Waals surface area contributed by atoms with Gasteiger partial charge in [0.15, 0.2) is 17.3 Å². The molecule has 29 heavy (non-hydrogen) atoms. The number of rotatable bonds is 8. The predicted molar refractivity (Wildman–Crippen MR) is 109 cm³/mol. The molecule has 0 heterocycles. The highest BCUT2D eigenvalue weighted by Gasteiger charge is 2.39. The van der Waals surface area contributed by atoms with Crippen molar-refractivity contribution in [3.63, 3.8) is 0 Å². The lowest BCUT2D eigenvalue weighted by molar-refractivity contribution is -0.0186. The Morgan fingerprint density at radius 2 is 1.66 bits per heavy atom. The quantitative estimate of drug-likeness (QED) is 0.512. The number of aryl methyl sites for hydroxylation is 2. The SMILES string of the molecule is CCCOC1=CC=C(c2ccc(CCc3ccc(OC)c(F)c3)cc2)CC1(F)F. The molecular formula is C24H25F3O2. The van der Waals surface area contributed by atoms with Gasteiger partial charge < -0.3 is 9.47 Å². The lowest BCUT2D eigenvalue weighted by atomic mass is 9.93. The minimum atomic E-state index is -2.99. The van der Waals surface area contributed by atoms with Gasteiger partial charge in [-0.15, -0.1) is 0 Å². The monoisotopic (exact) mass is 402 g/mol. The van der Waals surface area contributed by atoms with Gasteiger partial charge in [-0.3, -0.25) is 0 Å². The fourth-order valence-electron chi connectivity index (χ4n) is 3.29. The van der Waals surface area contributed by atoms with Gasteiger partial charge in [0.05, 0.1) is 13.7 Å². The Kier molecular flexibility index (Phi) is 6.68. The van der Waals surface area contributed by atoms with Crippen LogP contribution in [0.1, 0.15) is 36.5 Å². The summed E-state index contributed by atoms with van der Waals surface area (Å²) in [5.41, 5.74) is 3.31. The molecular weight excluding hydrogens is 377 g/mol. The summed E-state index contributed by atoms with van der Waals surface area (Å²) in [5, 5.41) is 0. The molecule has 0 aromatic heterocycles. The second kappa shape index (κ2) is 9.21. The Labute approximate surface area is 169 Å². The van der Waals surface area contributed by atoms with Gasteiger partial charge in [-0.05, 0) is 59.7 Å². The number of allylic oxidation sites excluding steroid dienone is 4. The third kappa shape index (κ3) is 5.22. The van der Waals surface area contributed by atoms with Crippen LogP contribution in [-0.4, -0.2) is 19.6 Å². The molecule has 1 aliphatic carbocycles. The van der Waals surface area contributed by atoms with Crippen LogP contribution in [0.25, 0.3) is 5.57 Å². The van der Waals surface area contributed by atoms with Gasteiger partial charge in [0.2, 0.25) is 0 Å². The smallest absolute Gasteiger partial charge is 0.308 e. The van der Waals surface area contributed by atoms with Crippen LogP contribution in [0.15, 0.2) is 60.4 Å². The Bertz CT molecular complexity index is 899. The molecule has 3 rings (SSSR count). The third-order valence-corrected chi connectivity index (χ3v) is 4.91.